The third kappa shape index (κ3) is 4.64. The van der Waals surface area contributed by atoms with Crippen molar-refractivity contribution in [2.75, 3.05) is 0 Å². The summed E-state index contributed by atoms with van der Waals surface area (Å²) >= 11 is 1.88. The van der Waals surface area contributed by atoms with Crippen LogP contribution in [0.1, 0.15) is 23.1 Å². The van der Waals surface area contributed by atoms with Gasteiger partial charge in [0.15, 0.2) is 0 Å². The molecule has 0 atom stereocenters. The van der Waals surface area contributed by atoms with Gasteiger partial charge >= 0.3 is 0 Å². The molecule has 13 rings (SSSR count). The molecule has 1 nitrogen and oxygen atoms in total. The third-order valence-electron chi connectivity index (χ3n) is 12.7. The highest BCUT2D eigenvalue weighted by atomic mass is 32.1. The maximum Gasteiger partial charge on any atom is 0.144 e. The van der Waals surface area contributed by atoms with Crippen LogP contribution in [0, 0.1) is 0 Å². The van der Waals surface area contributed by atoms with Crippen molar-refractivity contribution in [1.29, 1.82) is 0 Å². The number of hydrogen-bond donors (Lipinski definition) is 0. The van der Waals surface area contributed by atoms with Crippen molar-refractivity contribution in [3.8, 4) is 22.3 Å². The van der Waals surface area contributed by atoms with Crippen molar-refractivity contribution in [2.24, 2.45) is 0 Å². The predicted molar refractivity (Wildman–Crippen MR) is 250 cm³/mol. The van der Waals surface area contributed by atoms with Crippen LogP contribution < -0.4 is 0 Å². The van der Waals surface area contributed by atoms with Crippen LogP contribution in [-0.2, 0) is 6.42 Å². The van der Waals surface area contributed by atoms with Crippen molar-refractivity contribution < 1.29 is 4.42 Å². The molecule has 0 aliphatic heterocycles. The third-order valence-corrected chi connectivity index (χ3v) is 13.9. The van der Waals surface area contributed by atoms with E-state index in [1.54, 1.807) is 0 Å². The lowest BCUT2D eigenvalue weighted by Crippen LogP contribution is -2.00. The van der Waals surface area contributed by atoms with Gasteiger partial charge in [-0.25, -0.2) is 0 Å². The molecular weight excluding hydrogens is 721 g/mol. The van der Waals surface area contributed by atoms with Gasteiger partial charge in [-0.1, -0.05) is 158 Å². The molecule has 0 N–H and O–H groups in total. The summed E-state index contributed by atoms with van der Waals surface area (Å²) in [5, 5.41) is 15.2. The first kappa shape index (κ1) is 32.1. The standard InChI is InChI=1S/C56H34OS/c1-3-14-40-33(11-1)13-9-19-42(40)43-20-10-21-45-49(43)31-38-12-2-4-15-41(38)52(45)39-26-25-34-29-35(23-24-36(34)30-39)37-27-28-47-50(32-37)57-55-46-17-6-5-16-44(46)53-48-18-7-8-22-51(48)58-56(53)54(47)55/h1-22,25-32H,23-24H2. The van der Waals surface area contributed by atoms with E-state index in [0.29, 0.717) is 0 Å². The number of thiophene rings is 1. The average Bonchev–Trinajstić information content (AvgIpc) is 3.87. The van der Waals surface area contributed by atoms with Crippen LogP contribution in [0.15, 0.2) is 180 Å². The lowest BCUT2D eigenvalue weighted by molar-refractivity contribution is 0.672. The Hall–Kier alpha value is -7.00. The first-order valence-corrected chi connectivity index (χ1v) is 21.0. The van der Waals surface area contributed by atoms with Crippen molar-refractivity contribution in [1.82, 2.24) is 0 Å². The highest BCUT2D eigenvalue weighted by Gasteiger charge is 2.22. The molecule has 2 heteroatoms. The maximum atomic E-state index is 6.84. The van der Waals surface area contributed by atoms with E-state index in [1.807, 2.05) is 11.3 Å². The van der Waals surface area contributed by atoms with Crippen molar-refractivity contribution >= 4 is 108 Å². The molecule has 0 radical (unpaired) electrons. The van der Waals surface area contributed by atoms with Gasteiger partial charge in [-0.15, -0.1) is 11.3 Å². The minimum atomic E-state index is 0.954. The minimum Gasteiger partial charge on any atom is -0.455 e. The SMILES string of the molecule is C1=C(c2ccc3c(c2)oc2c4ccccc4c4c5ccccc5sc4c32)CCc2cc(-c3c4ccccc4cc4c(-c5cccc6ccccc56)cccc34)ccc21. The highest BCUT2D eigenvalue weighted by Crippen LogP contribution is 2.48. The summed E-state index contributed by atoms with van der Waals surface area (Å²) in [6.07, 6.45) is 4.38. The van der Waals surface area contributed by atoms with Gasteiger partial charge in [0.05, 0.1) is 0 Å². The molecule has 58 heavy (non-hydrogen) atoms. The zero-order valence-corrected chi connectivity index (χ0v) is 32.4. The minimum absolute atomic E-state index is 0.954. The van der Waals surface area contributed by atoms with E-state index in [1.165, 1.54) is 119 Å². The first-order chi connectivity index (χ1) is 28.7. The topological polar surface area (TPSA) is 13.1 Å². The summed E-state index contributed by atoms with van der Waals surface area (Å²) in [7, 11) is 0. The van der Waals surface area contributed by atoms with Crippen LogP contribution in [0.25, 0.3) is 119 Å². The molecule has 10 aromatic carbocycles. The van der Waals surface area contributed by atoms with E-state index in [9.17, 15) is 0 Å². The molecule has 2 heterocycles. The summed E-state index contributed by atoms with van der Waals surface area (Å²) < 4.78 is 9.47. The molecular formula is C56H34OS. The fourth-order valence-corrected chi connectivity index (χ4v) is 11.3. The maximum absolute atomic E-state index is 6.84. The van der Waals surface area contributed by atoms with Gasteiger partial charge in [-0.05, 0) is 119 Å². The van der Waals surface area contributed by atoms with Crippen LogP contribution in [-0.4, -0.2) is 0 Å². The van der Waals surface area contributed by atoms with Gasteiger partial charge < -0.3 is 4.42 Å². The van der Waals surface area contributed by atoms with Crippen molar-refractivity contribution in [2.45, 2.75) is 12.8 Å². The smallest absolute Gasteiger partial charge is 0.144 e. The monoisotopic (exact) mass is 754 g/mol. The Bertz CT molecular complexity index is 3740. The van der Waals surface area contributed by atoms with Gasteiger partial charge in [-0.3, -0.25) is 0 Å². The summed E-state index contributed by atoms with van der Waals surface area (Å²) in [6, 6.07) is 65.1. The van der Waals surface area contributed by atoms with Crippen LogP contribution >= 0.6 is 11.3 Å². The molecule has 0 spiro atoms. The molecule has 0 fully saturated rings. The summed E-state index contributed by atoms with van der Waals surface area (Å²) in [6.45, 7) is 0. The number of furan rings is 1. The summed E-state index contributed by atoms with van der Waals surface area (Å²) in [5.41, 5.74) is 12.4. The first-order valence-electron chi connectivity index (χ1n) is 20.2. The number of fused-ring (bicyclic) bond motifs is 14. The zero-order chi connectivity index (χ0) is 37.9. The zero-order valence-electron chi connectivity index (χ0n) is 31.6. The molecule has 0 amide bonds. The Morgan fingerprint density at radius 1 is 0.431 bits per heavy atom. The van der Waals surface area contributed by atoms with Crippen molar-refractivity contribution in [3.05, 3.63) is 193 Å². The van der Waals surface area contributed by atoms with Crippen LogP contribution in [0.2, 0.25) is 0 Å². The second kappa shape index (κ2) is 12.2. The van der Waals surface area contributed by atoms with E-state index >= 15 is 0 Å². The van der Waals surface area contributed by atoms with E-state index < -0.39 is 0 Å². The predicted octanol–water partition coefficient (Wildman–Crippen LogP) is 16.4. The van der Waals surface area contributed by atoms with E-state index in [4.69, 9.17) is 4.42 Å². The van der Waals surface area contributed by atoms with E-state index in [-0.39, 0.29) is 0 Å². The molecule has 2 aromatic heterocycles. The molecule has 0 unspecified atom stereocenters. The summed E-state index contributed by atoms with van der Waals surface area (Å²) in [5.74, 6) is 0. The highest BCUT2D eigenvalue weighted by molar-refractivity contribution is 7.27. The number of benzene rings is 10. The van der Waals surface area contributed by atoms with Gasteiger partial charge in [0.1, 0.15) is 11.2 Å². The Morgan fingerprint density at radius 2 is 1.12 bits per heavy atom. The van der Waals surface area contributed by atoms with Crippen molar-refractivity contribution in [3.63, 3.8) is 0 Å². The van der Waals surface area contributed by atoms with Gasteiger partial charge in [0.25, 0.3) is 0 Å². The number of aryl methyl sites for hydroxylation is 1. The fourth-order valence-electron chi connectivity index (χ4n) is 10.1. The quantitative estimate of drug-likeness (QED) is 0.164. The lowest BCUT2D eigenvalue weighted by atomic mass is 9.84. The Morgan fingerprint density at radius 3 is 2.02 bits per heavy atom. The molecule has 12 aromatic rings. The Kier molecular flexibility index (Phi) is 6.78. The molecule has 270 valence electrons. The molecule has 0 saturated carbocycles. The fraction of sp³-hybridized carbons (Fsp3) is 0.0357. The average molecular weight is 755 g/mol. The van der Waals surface area contributed by atoms with E-state index in [0.717, 1.165) is 24.0 Å². The second-order valence-corrected chi connectivity index (χ2v) is 16.9. The Labute approximate surface area is 338 Å². The Balaban J connectivity index is 0.938. The van der Waals surface area contributed by atoms with Gasteiger partial charge in [0.2, 0.25) is 0 Å². The van der Waals surface area contributed by atoms with E-state index in [2.05, 4.69) is 182 Å². The molecule has 0 bridgehead atoms. The summed E-state index contributed by atoms with van der Waals surface area (Å²) in [4.78, 5) is 0. The number of hydrogen-bond acceptors (Lipinski definition) is 2. The molecule has 0 saturated heterocycles. The normalized spacial score (nSPS) is 13.1. The molecule has 1 aliphatic rings. The second-order valence-electron chi connectivity index (χ2n) is 15.8. The van der Waals surface area contributed by atoms with Gasteiger partial charge in [-0.2, -0.15) is 0 Å². The van der Waals surface area contributed by atoms with Crippen LogP contribution in [0.4, 0.5) is 0 Å². The number of rotatable bonds is 3. The largest absolute Gasteiger partial charge is 0.455 e. The lowest BCUT2D eigenvalue weighted by Gasteiger charge is -2.20. The van der Waals surface area contributed by atoms with Crippen LogP contribution in [0.3, 0.4) is 0 Å². The number of allylic oxidation sites excluding steroid dienone is 1. The molecule has 1 aliphatic carbocycles. The van der Waals surface area contributed by atoms with Crippen LogP contribution in [0.5, 0.6) is 0 Å². The van der Waals surface area contributed by atoms with Gasteiger partial charge in [0, 0.05) is 36.3 Å².